The van der Waals surface area contributed by atoms with Crippen LogP contribution in [0.4, 0.5) is 18.9 Å². The normalized spacial score (nSPS) is 22.9. The first-order valence-electron chi connectivity index (χ1n) is 10.8. The molecule has 1 fully saturated rings. The highest BCUT2D eigenvalue weighted by Crippen LogP contribution is 2.51. The van der Waals surface area contributed by atoms with Gasteiger partial charge in [0, 0.05) is 31.1 Å². The quantitative estimate of drug-likeness (QED) is 0.386. The highest BCUT2D eigenvalue weighted by Gasteiger charge is 2.42. The Labute approximate surface area is 208 Å². The smallest absolute Gasteiger partial charge is 0.366 e. The molecule has 0 radical (unpaired) electrons. The van der Waals surface area contributed by atoms with Crippen LogP contribution in [0.15, 0.2) is 70.2 Å². The zero-order chi connectivity index (χ0) is 26.4. The number of rotatable bonds is 5. The van der Waals surface area contributed by atoms with Gasteiger partial charge in [-0.3, -0.25) is 19.1 Å². The van der Waals surface area contributed by atoms with Gasteiger partial charge in [-0.25, -0.2) is 13.4 Å². The van der Waals surface area contributed by atoms with E-state index in [9.17, 15) is 30.7 Å². The molecule has 0 amide bonds. The van der Waals surface area contributed by atoms with Crippen LogP contribution in [-0.2, 0) is 22.2 Å². The van der Waals surface area contributed by atoms with Crippen molar-refractivity contribution in [3.8, 4) is 0 Å². The third-order valence-electron chi connectivity index (χ3n) is 5.80. The SMILES string of the molecule is CS(=O)(=O)c1cccc(CNC2=NC(N)(c3ccc(N4CCCS4(O)O)cc3)NC=C2C(F)(F)F)c1. The second-order valence-corrected chi connectivity index (χ2v) is 12.7. The molecule has 1 unspecified atom stereocenters. The number of hydrogen-bond acceptors (Lipinski definition) is 9. The van der Waals surface area contributed by atoms with Crippen molar-refractivity contribution in [2.75, 3.05) is 22.9 Å². The van der Waals surface area contributed by atoms with Crippen LogP contribution in [0.25, 0.3) is 0 Å². The molecular formula is C22H26F3N5O4S2. The summed E-state index contributed by atoms with van der Waals surface area (Å²) >= 11 is 0. The molecule has 0 bridgehead atoms. The molecule has 1 atom stereocenters. The predicted octanol–water partition coefficient (Wildman–Crippen LogP) is 3.27. The summed E-state index contributed by atoms with van der Waals surface area (Å²) in [6, 6.07) is 12.2. The molecule has 14 heteroatoms. The molecule has 2 aliphatic rings. The third-order valence-corrected chi connectivity index (χ3v) is 8.85. The Hall–Kier alpha value is -2.78. The molecule has 4 rings (SSSR count). The number of amidine groups is 1. The van der Waals surface area contributed by atoms with Gasteiger partial charge in [0.2, 0.25) is 5.79 Å². The maximum atomic E-state index is 13.7. The number of benzene rings is 2. The van der Waals surface area contributed by atoms with Crippen molar-refractivity contribution in [3.05, 3.63) is 71.4 Å². The maximum absolute atomic E-state index is 13.7. The van der Waals surface area contributed by atoms with Crippen LogP contribution in [0, 0.1) is 0 Å². The molecule has 2 aliphatic heterocycles. The summed E-state index contributed by atoms with van der Waals surface area (Å²) in [5.41, 5.74) is 6.62. The van der Waals surface area contributed by atoms with Crippen LogP contribution in [-0.4, -0.2) is 48.1 Å². The van der Waals surface area contributed by atoms with Gasteiger partial charge in [0.15, 0.2) is 9.84 Å². The lowest BCUT2D eigenvalue weighted by Crippen LogP contribution is -2.52. The van der Waals surface area contributed by atoms with E-state index in [2.05, 4.69) is 15.6 Å². The summed E-state index contributed by atoms with van der Waals surface area (Å²) in [7, 11) is -6.38. The molecule has 0 saturated carbocycles. The lowest BCUT2D eigenvalue weighted by molar-refractivity contribution is -0.0872. The van der Waals surface area contributed by atoms with Crippen LogP contribution in [0.5, 0.6) is 0 Å². The average molecular weight is 546 g/mol. The van der Waals surface area contributed by atoms with E-state index in [4.69, 9.17) is 5.73 Å². The lowest BCUT2D eigenvalue weighted by atomic mass is 10.1. The summed E-state index contributed by atoms with van der Waals surface area (Å²) in [5.74, 6) is -1.97. The van der Waals surface area contributed by atoms with Crippen molar-refractivity contribution in [2.24, 2.45) is 10.7 Å². The maximum Gasteiger partial charge on any atom is 0.421 e. The van der Waals surface area contributed by atoms with E-state index < -0.39 is 44.0 Å². The second kappa shape index (κ2) is 9.27. The van der Waals surface area contributed by atoms with Gasteiger partial charge in [0.05, 0.1) is 16.3 Å². The summed E-state index contributed by atoms with van der Waals surface area (Å²) in [4.78, 5) is 4.18. The molecule has 2 heterocycles. The number of halogens is 3. The number of nitrogens with one attached hydrogen (secondary N) is 2. The molecule has 1 saturated heterocycles. The Bertz CT molecular complexity index is 1310. The summed E-state index contributed by atoms with van der Waals surface area (Å²) in [6.45, 7) is 0.343. The Kier molecular flexibility index (Phi) is 6.77. The van der Waals surface area contributed by atoms with Gasteiger partial charge in [-0.15, -0.1) is 10.8 Å². The first-order valence-corrected chi connectivity index (χ1v) is 14.4. The van der Waals surface area contributed by atoms with Crippen LogP contribution in [0.3, 0.4) is 0 Å². The van der Waals surface area contributed by atoms with Gasteiger partial charge in [0.25, 0.3) is 0 Å². The van der Waals surface area contributed by atoms with E-state index in [1.807, 2.05) is 0 Å². The molecule has 2 aromatic rings. The van der Waals surface area contributed by atoms with Gasteiger partial charge in [0.1, 0.15) is 11.4 Å². The minimum atomic E-state index is -4.73. The van der Waals surface area contributed by atoms with Crippen molar-refractivity contribution >= 4 is 32.1 Å². The molecule has 36 heavy (non-hydrogen) atoms. The van der Waals surface area contributed by atoms with Crippen molar-refractivity contribution in [2.45, 2.75) is 29.8 Å². The van der Waals surface area contributed by atoms with Gasteiger partial charge >= 0.3 is 6.18 Å². The molecule has 0 aromatic heterocycles. The Morgan fingerprint density at radius 2 is 1.92 bits per heavy atom. The van der Waals surface area contributed by atoms with Crippen molar-refractivity contribution < 1.29 is 30.7 Å². The first kappa shape index (κ1) is 26.3. The molecule has 9 nitrogen and oxygen atoms in total. The van der Waals surface area contributed by atoms with Gasteiger partial charge < -0.3 is 10.6 Å². The number of hydrogen-bond donors (Lipinski definition) is 5. The topological polar surface area (TPSA) is 140 Å². The summed E-state index contributed by atoms with van der Waals surface area (Å²) in [5, 5.41) is 5.15. The monoisotopic (exact) mass is 545 g/mol. The Balaban J connectivity index is 1.61. The van der Waals surface area contributed by atoms with E-state index in [0.717, 1.165) is 12.5 Å². The van der Waals surface area contributed by atoms with E-state index in [1.165, 1.54) is 22.5 Å². The van der Waals surface area contributed by atoms with Gasteiger partial charge in [-0.05, 0) is 36.2 Å². The highest BCUT2D eigenvalue weighted by atomic mass is 32.3. The number of nitrogens with two attached hydrogens (primary N) is 1. The first-order chi connectivity index (χ1) is 16.7. The molecule has 6 N–H and O–H groups in total. The van der Waals surface area contributed by atoms with Crippen molar-refractivity contribution in [1.29, 1.82) is 0 Å². The fourth-order valence-corrected chi connectivity index (χ4v) is 6.24. The second-order valence-electron chi connectivity index (χ2n) is 8.54. The van der Waals surface area contributed by atoms with Crippen LogP contribution in [0.2, 0.25) is 0 Å². The Morgan fingerprint density at radius 3 is 2.50 bits per heavy atom. The number of aliphatic imine (C=N–C) groups is 1. The average Bonchev–Trinajstić information content (AvgIpc) is 3.15. The van der Waals surface area contributed by atoms with Crippen molar-refractivity contribution in [1.82, 2.24) is 10.6 Å². The molecule has 0 aliphatic carbocycles. The highest BCUT2D eigenvalue weighted by molar-refractivity contribution is 8.25. The number of sulfone groups is 1. The van der Waals surface area contributed by atoms with E-state index in [1.54, 1.807) is 30.3 Å². The third kappa shape index (κ3) is 5.47. The lowest BCUT2D eigenvalue weighted by Gasteiger charge is -2.38. The molecule has 2 aromatic carbocycles. The van der Waals surface area contributed by atoms with Gasteiger partial charge in [-0.1, -0.05) is 24.3 Å². The standard InChI is InChI=1S/C22H26F3N5O4S2/c1-35(31,32)18-5-2-4-15(12-18)13-27-20-19(21(23,24)25)14-28-22(26,29-20)16-6-8-17(9-7-16)30-10-3-11-36(30,33)34/h2,4-9,12,14,28,33-34H,3,10-11,13,26H2,1H3,(H,27,29). The fourth-order valence-electron chi connectivity index (χ4n) is 3.93. The fraction of sp³-hybridized carbons (Fsp3) is 0.318. The zero-order valence-corrected chi connectivity index (χ0v) is 20.8. The molecule has 0 spiro atoms. The summed E-state index contributed by atoms with van der Waals surface area (Å²) in [6.07, 6.45) is -2.32. The largest absolute Gasteiger partial charge is 0.421 e. The van der Waals surface area contributed by atoms with E-state index >= 15 is 0 Å². The van der Waals surface area contributed by atoms with Crippen LogP contribution in [0.1, 0.15) is 17.5 Å². The molecule has 196 valence electrons. The van der Waals surface area contributed by atoms with Gasteiger partial charge in [-0.2, -0.15) is 13.2 Å². The Morgan fingerprint density at radius 1 is 1.22 bits per heavy atom. The number of anilines is 1. The summed E-state index contributed by atoms with van der Waals surface area (Å²) < 4.78 is 86.5. The van der Waals surface area contributed by atoms with Crippen LogP contribution >= 0.6 is 10.8 Å². The molecular weight excluding hydrogens is 519 g/mol. The minimum Gasteiger partial charge on any atom is -0.366 e. The number of nitrogens with zero attached hydrogens (tertiary/aromatic N) is 2. The van der Waals surface area contributed by atoms with E-state index in [0.29, 0.717) is 29.8 Å². The zero-order valence-electron chi connectivity index (χ0n) is 19.2. The predicted molar refractivity (Wildman–Crippen MR) is 133 cm³/mol. The van der Waals surface area contributed by atoms with Crippen molar-refractivity contribution in [3.63, 3.8) is 0 Å². The number of alkyl halides is 3. The van der Waals surface area contributed by atoms with E-state index in [-0.39, 0.29) is 17.2 Å². The van der Waals surface area contributed by atoms with Crippen LogP contribution < -0.4 is 20.7 Å². The minimum absolute atomic E-state index is 0.0449.